The maximum atomic E-state index is 13.3. The van der Waals surface area contributed by atoms with Crippen molar-refractivity contribution in [2.45, 2.75) is 39.0 Å². The predicted octanol–water partition coefficient (Wildman–Crippen LogP) is 4.26. The second-order valence-electron chi connectivity index (χ2n) is 3.71. The molecule has 1 atom stereocenters. The standard InChI is InChI=1S/C12H16F2/c1-3-4-5-9(2)11-8-10(13)6-7-12(11)14/h6-9H,3-5H2,1-2H3/t9-/m1/s1. The fourth-order valence-electron chi connectivity index (χ4n) is 1.56. The van der Waals surface area contributed by atoms with E-state index < -0.39 is 0 Å². The molecule has 0 aliphatic carbocycles. The van der Waals surface area contributed by atoms with Crippen LogP contribution in [0.4, 0.5) is 8.78 Å². The molecule has 2 heteroatoms. The zero-order valence-electron chi connectivity index (χ0n) is 8.69. The van der Waals surface area contributed by atoms with Crippen LogP contribution in [-0.4, -0.2) is 0 Å². The van der Waals surface area contributed by atoms with E-state index in [2.05, 4.69) is 6.92 Å². The second-order valence-corrected chi connectivity index (χ2v) is 3.71. The Bertz CT molecular complexity index is 294. The summed E-state index contributed by atoms with van der Waals surface area (Å²) in [7, 11) is 0. The molecule has 0 heterocycles. The van der Waals surface area contributed by atoms with Crippen LogP contribution < -0.4 is 0 Å². The van der Waals surface area contributed by atoms with E-state index in [0.717, 1.165) is 25.3 Å². The van der Waals surface area contributed by atoms with Gasteiger partial charge in [0.2, 0.25) is 0 Å². The number of halogens is 2. The van der Waals surface area contributed by atoms with Gasteiger partial charge < -0.3 is 0 Å². The van der Waals surface area contributed by atoms with E-state index in [1.54, 1.807) is 0 Å². The van der Waals surface area contributed by atoms with Crippen molar-refractivity contribution in [1.82, 2.24) is 0 Å². The van der Waals surface area contributed by atoms with Crippen molar-refractivity contribution in [3.63, 3.8) is 0 Å². The van der Waals surface area contributed by atoms with E-state index in [4.69, 9.17) is 0 Å². The molecule has 0 saturated carbocycles. The van der Waals surface area contributed by atoms with Crippen LogP contribution in [0.3, 0.4) is 0 Å². The van der Waals surface area contributed by atoms with Crippen LogP contribution in [0.2, 0.25) is 0 Å². The average molecular weight is 198 g/mol. The highest BCUT2D eigenvalue weighted by Crippen LogP contribution is 2.24. The van der Waals surface area contributed by atoms with Gasteiger partial charge in [-0.3, -0.25) is 0 Å². The summed E-state index contributed by atoms with van der Waals surface area (Å²) in [6.07, 6.45) is 3.05. The molecule has 1 rings (SSSR count). The lowest BCUT2D eigenvalue weighted by Crippen LogP contribution is -1.98. The molecule has 1 aromatic rings. The van der Waals surface area contributed by atoms with Crippen molar-refractivity contribution in [3.8, 4) is 0 Å². The van der Waals surface area contributed by atoms with Gasteiger partial charge in [-0.25, -0.2) is 8.78 Å². The topological polar surface area (TPSA) is 0 Å². The molecule has 0 spiro atoms. The summed E-state index contributed by atoms with van der Waals surface area (Å²) in [5.74, 6) is -0.551. The van der Waals surface area contributed by atoms with Crippen molar-refractivity contribution < 1.29 is 8.78 Å². The minimum Gasteiger partial charge on any atom is -0.207 e. The quantitative estimate of drug-likeness (QED) is 0.678. The van der Waals surface area contributed by atoms with Gasteiger partial charge in [0.05, 0.1) is 0 Å². The summed E-state index contributed by atoms with van der Waals surface area (Å²) in [6.45, 7) is 4.03. The highest BCUT2D eigenvalue weighted by molar-refractivity contribution is 5.22. The Morgan fingerprint density at radius 1 is 1.29 bits per heavy atom. The Kier molecular flexibility index (Phi) is 4.05. The zero-order chi connectivity index (χ0) is 10.6. The molecule has 0 aliphatic rings. The first-order valence-corrected chi connectivity index (χ1v) is 5.10. The first-order chi connectivity index (χ1) is 6.65. The molecule has 0 fully saturated rings. The maximum Gasteiger partial charge on any atom is 0.126 e. The van der Waals surface area contributed by atoms with E-state index in [1.165, 1.54) is 12.1 Å². The minimum absolute atomic E-state index is 0.102. The summed E-state index contributed by atoms with van der Waals surface area (Å²) < 4.78 is 26.1. The Labute approximate surface area is 84.0 Å². The lowest BCUT2D eigenvalue weighted by molar-refractivity contribution is 0.546. The monoisotopic (exact) mass is 198 g/mol. The Morgan fingerprint density at radius 2 is 2.00 bits per heavy atom. The molecule has 0 saturated heterocycles. The lowest BCUT2D eigenvalue weighted by Gasteiger charge is -2.12. The van der Waals surface area contributed by atoms with Gasteiger partial charge in [0.15, 0.2) is 0 Å². The first-order valence-electron chi connectivity index (χ1n) is 5.10. The molecule has 0 amide bonds. The fraction of sp³-hybridized carbons (Fsp3) is 0.500. The highest BCUT2D eigenvalue weighted by atomic mass is 19.1. The van der Waals surface area contributed by atoms with Gasteiger partial charge in [-0.1, -0.05) is 26.7 Å². The van der Waals surface area contributed by atoms with Gasteiger partial charge in [-0.2, -0.15) is 0 Å². The molecule has 78 valence electrons. The van der Waals surface area contributed by atoms with Crippen LogP contribution >= 0.6 is 0 Å². The molecule has 0 radical (unpaired) electrons. The van der Waals surface area contributed by atoms with Crippen molar-refractivity contribution >= 4 is 0 Å². The highest BCUT2D eigenvalue weighted by Gasteiger charge is 2.11. The van der Waals surface area contributed by atoms with Gasteiger partial charge in [-0.05, 0) is 36.1 Å². The van der Waals surface area contributed by atoms with Crippen LogP contribution in [-0.2, 0) is 0 Å². The van der Waals surface area contributed by atoms with Gasteiger partial charge in [-0.15, -0.1) is 0 Å². The normalized spacial score (nSPS) is 12.9. The number of unbranched alkanes of at least 4 members (excludes halogenated alkanes) is 1. The SMILES string of the molecule is CCCC[C@@H](C)c1cc(F)ccc1F. The van der Waals surface area contributed by atoms with Crippen LogP contribution in [0.5, 0.6) is 0 Å². The minimum atomic E-state index is -0.357. The third kappa shape index (κ3) is 2.79. The number of hydrogen-bond donors (Lipinski definition) is 0. The van der Waals surface area contributed by atoms with Gasteiger partial charge >= 0.3 is 0 Å². The van der Waals surface area contributed by atoms with E-state index in [9.17, 15) is 8.78 Å². The summed E-state index contributed by atoms with van der Waals surface area (Å²) in [4.78, 5) is 0. The summed E-state index contributed by atoms with van der Waals surface area (Å²) >= 11 is 0. The van der Waals surface area contributed by atoms with Crippen molar-refractivity contribution in [3.05, 3.63) is 35.4 Å². The van der Waals surface area contributed by atoms with Crippen molar-refractivity contribution in [2.24, 2.45) is 0 Å². The number of benzene rings is 1. The zero-order valence-corrected chi connectivity index (χ0v) is 8.69. The molecule has 14 heavy (non-hydrogen) atoms. The smallest absolute Gasteiger partial charge is 0.126 e. The second kappa shape index (κ2) is 5.08. The molecule has 1 aromatic carbocycles. The van der Waals surface area contributed by atoms with Gasteiger partial charge in [0, 0.05) is 0 Å². The third-order valence-electron chi connectivity index (χ3n) is 2.48. The fourth-order valence-corrected chi connectivity index (χ4v) is 1.56. The van der Waals surface area contributed by atoms with Gasteiger partial charge in [0.1, 0.15) is 11.6 Å². The number of hydrogen-bond acceptors (Lipinski definition) is 0. The van der Waals surface area contributed by atoms with Crippen LogP contribution in [0.25, 0.3) is 0 Å². The Balaban J connectivity index is 2.77. The predicted molar refractivity (Wildman–Crippen MR) is 54.3 cm³/mol. The molecular weight excluding hydrogens is 182 g/mol. The van der Waals surface area contributed by atoms with Crippen molar-refractivity contribution in [2.75, 3.05) is 0 Å². The van der Waals surface area contributed by atoms with Crippen molar-refractivity contribution in [1.29, 1.82) is 0 Å². The molecule has 0 N–H and O–H groups in total. The van der Waals surface area contributed by atoms with E-state index >= 15 is 0 Å². The van der Waals surface area contributed by atoms with E-state index in [-0.39, 0.29) is 17.6 Å². The molecule has 0 unspecified atom stereocenters. The lowest BCUT2D eigenvalue weighted by atomic mass is 9.95. The maximum absolute atomic E-state index is 13.3. The molecule has 0 aliphatic heterocycles. The first kappa shape index (κ1) is 11.2. The average Bonchev–Trinajstić information content (AvgIpc) is 2.18. The molecule has 0 aromatic heterocycles. The largest absolute Gasteiger partial charge is 0.207 e. The van der Waals surface area contributed by atoms with Crippen LogP contribution in [0, 0.1) is 11.6 Å². The van der Waals surface area contributed by atoms with E-state index in [1.807, 2.05) is 6.92 Å². The summed E-state index contributed by atoms with van der Waals surface area (Å²) in [5, 5.41) is 0. The Morgan fingerprint density at radius 3 is 2.64 bits per heavy atom. The molecule has 0 bridgehead atoms. The number of rotatable bonds is 4. The Hall–Kier alpha value is -0.920. The van der Waals surface area contributed by atoms with Crippen LogP contribution in [0.1, 0.15) is 44.6 Å². The van der Waals surface area contributed by atoms with Crippen LogP contribution in [0.15, 0.2) is 18.2 Å². The third-order valence-corrected chi connectivity index (χ3v) is 2.48. The van der Waals surface area contributed by atoms with E-state index in [0.29, 0.717) is 5.56 Å². The van der Waals surface area contributed by atoms with Gasteiger partial charge in [0.25, 0.3) is 0 Å². The molecule has 0 nitrogen and oxygen atoms in total. The molecular formula is C12H16F2. The summed E-state index contributed by atoms with van der Waals surface area (Å²) in [6, 6.07) is 3.66. The summed E-state index contributed by atoms with van der Waals surface area (Å²) in [5.41, 5.74) is 0.499.